The van der Waals surface area contributed by atoms with Crippen LogP contribution in [0.5, 0.6) is 0 Å². The molecule has 3 heterocycles. The minimum Gasteiger partial charge on any atom is -0.452 e. The summed E-state index contributed by atoms with van der Waals surface area (Å²) in [5.74, 6) is 0.620. The number of furan rings is 1. The third-order valence-electron chi connectivity index (χ3n) is 9.32. The molecule has 0 radical (unpaired) electrons. The SMILES string of the molecule is c1ccc(-c2nc(N3c4ccccc4Sc4ccccc4C34c3ccccc3-c3ccccc34)nc3c2oc2ccccc23)cc1. The Bertz CT molecular complexity index is 2440. The van der Waals surface area contributed by atoms with Crippen molar-refractivity contribution in [3.63, 3.8) is 0 Å². The number of anilines is 2. The molecule has 2 aromatic heterocycles. The normalized spacial score (nSPS) is 14.1. The van der Waals surface area contributed by atoms with Crippen LogP contribution in [0.1, 0.15) is 16.7 Å². The minimum atomic E-state index is -0.745. The number of fused-ring (bicyclic) bond motifs is 11. The van der Waals surface area contributed by atoms with Gasteiger partial charge < -0.3 is 4.42 Å². The maximum absolute atomic E-state index is 6.51. The standard InChI is InChI=1S/C41H25N3OS/c1-2-14-26(15-3-1)37-39-38(29-18-6-11-23-34(29)45-39)43-40(42-37)44-33-22-10-13-25-36(33)46-35-24-12-9-21-32(35)41(44)30-19-7-4-16-27(30)28-17-5-8-20-31(28)41/h1-25H. The Kier molecular flexibility index (Phi) is 5.39. The van der Waals surface area contributed by atoms with E-state index in [2.05, 4.69) is 120 Å². The van der Waals surface area contributed by atoms with Crippen molar-refractivity contribution in [2.45, 2.75) is 15.3 Å². The topological polar surface area (TPSA) is 42.2 Å². The number of aromatic nitrogens is 2. The molecule has 6 aromatic carbocycles. The molecule has 0 fully saturated rings. The van der Waals surface area contributed by atoms with E-state index < -0.39 is 5.54 Å². The summed E-state index contributed by atoms with van der Waals surface area (Å²) in [4.78, 5) is 15.7. The highest BCUT2D eigenvalue weighted by Gasteiger charge is 2.53. The Morgan fingerprint density at radius 3 is 1.93 bits per heavy atom. The molecule has 216 valence electrons. The van der Waals surface area contributed by atoms with Crippen molar-refractivity contribution in [1.29, 1.82) is 0 Å². The van der Waals surface area contributed by atoms with Crippen molar-refractivity contribution in [2.75, 3.05) is 4.90 Å². The highest BCUT2D eigenvalue weighted by Crippen LogP contribution is 2.61. The molecular weight excluding hydrogens is 583 g/mol. The first-order valence-corrected chi connectivity index (χ1v) is 16.2. The molecule has 0 saturated heterocycles. The van der Waals surface area contributed by atoms with Gasteiger partial charge in [0, 0.05) is 26.3 Å². The van der Waals surface area contributed by atoms with E-state index >= 15 is 0 Å². The van der Waals surface area contributed by atoms with E-state index in [-0.39, 0.29) is 0 Å². The molecule has 0 unspecified atom stereocenters. The van der Waals surface area contributed by atoms with Crippen LogP contribution in [0.25, 0.3) is 44.5 Å². The van der Waals surface area contributed by atoms with Gasteiger partial charge in [-0.1, -0.05) is 133 Å². The lowest BCUT2D eigenvalue weighted by Crippen LogP contribution is -2.45. The minimum absolute atomic E-state index is 0.620. The largest absolute Gasteiger partial charge is 0.452 e. The van der Waals surface area contributed by atoms with Gasteiger partial charge in [-0.2, -0.15) is 0 Å². The van der Waals surface area contributed by atoms with E-state index in [1.165, 1.54) is 32.7 Å². The first-order valence-electron chi connectivity index (χ1n) is 15.4. The van der Waals surface area contributed by atoms with Crippen LogP contribution in [0.4, 0.5) is 11.6 Å². The quantitative estimate of drug-likeness (QED) is 0.196. The average molecular weight is 608 g/mol. The number of benzene rings is 6. The number of hydrogen-bond donors (Lipinski definition) is 0. The van der Waals surface area contributed by atoms with E-state index in [0.29, 0.717) is 11.5 Å². The molecule has 1 aliphatic heterocycles. The second-order valence-electron chi connectivity index (χ2n) is 11.7. The van der Waals surface area contributed by atoms with Crippen LogP contribution >= 0.6 is 11.8 Å². The summed E-state index contributed by atoms with van der Waals surface area (Å²) >= 11 is 1.80. The highest BCUT2D eigenvalue weighted by molar-refractivity contribution is 7.99. The lowest BCUT2D eigenvalue weighted by molar-refractivity contribution is 0.617. The smallest absolute Gasteiger partial charge is 0.232 e. The maximum atomic E-state index is 6.51. The van der Waals surface area contributed by atoms with Crippen LogP contribution in [-0.4, -0.2) is 9.97 Å². The average Bonchev–Trinajstić information content (AvgIpc) is 3.59. The summed E-state index contributed by atoms with van der Waals surface area (Å²) in [7, 11) is 0. The van der Waals surface area contributed by atoms with E-state index in [1.54, 1.807) is 11.8 Å². The van der Waals surface area contributed by atoms with Crippen molar-refractivity contribution < 1.29 is 4.42 Å². The second-order valence-corrected chi connectivity index (χ2v) is 12.8. The summed E-state index contributed by atoms with van der Waals surface area (Å²) in [5, 5.41) is 0.970. The van der Waals surface area contributed by atoms with Crippen molar-refractivity contribution in [2.24, 2.45) is 0 Å². The van der Waals surface area contributed by atoms with Gasteiger partial charge in [-0.3, -0.25) is 4.90 Å². The summed E-state index contributed by atoms with van der Waals surface area (Å²) in [6, 6.07) is 53.5. The van der Waals surface area contributed by atoms with Crippen LogP contribution in [0, 0.1) is 0 Å². The van der Waals surface area contributed by atoms with Crippen LogP contribution in [0.2, 0.25) is 0 Å². The van der Waals surface area contributed by atoms with E-state index in [1.807, 2.05) is 36.4 Å². The summed E-state index contributed by atoms with van der Waals surface area (Å²) < 4.78 is 6.51. The molecule has 1 aliphatic carbocycles. The third-order valence-corrected chi connectivity index (χ3v) is 10.5. The predicted molar refractivity (Wildman–Crippen MR) is 186 cm³/mol. The molecule has 8 aromatic rings. The molecule has 5 heteroatoms. The second kappa shape index (κ2) is 9.67. The molecular formula is C41H25N3OS. The molecule has 1 spiro atoms. The zero-order valence-electron chi connectivity index (χ0n) is 24.6. The first-order chi connectivity index (χ1) is 22.8. The van der Waals surface area contributed by atoms with Crippen molar-refractivity contribution >= 4 is 45.5 Å². The zero-order chi connectivity index (χ0) is 30.2. The Morgan fingerprint density at radius 2 is 1.15 bits per heavy atom. The molecule has 0 saturated carbocycles. The molecule has 10 rings (SSSR count). The molecule has 4 nitrogen and oxygen atoms in total. The van der Waals surface area contributed by atoms with E-state index in [0.717, 1.165) is 38.3 Å². The number of nitrogens with zero attached hydrogens (tertiary/aromatic N) is 3. The van der Waals surface area contributed by atoms with E-state index in [4.69, 9.17) is 14.4 Å². The zero-order valence-corrected chi connectivity index (χ0v) is 25.4. The Balaban J connectivity index is 1.41. The van der Waals surface area contributed by atoms with Gasteiger partial charge in [0.2, 0.25) is 5.95 Å². The van der Waals surface area contributed by atoms with Crippen LogP contribution < -0.4 is 4.90 Å². The Hall–Kier alpha value is -5.65. The molecule has 0 amide bonds. The molecule has 0 atom stereocenters. The maximum Gasteiger partial charge on any atom is 0.232 e. The van der Waals surface area contributed by atoms with Crippen LogP contribution in [-0.2, 0) is 5.54 Å². The number of hydrogen-bond acceptors (Lipinski definition) is 5. The van der Waals surface area contributed by atoms with Crippen molar-refractivity contribution in [3.8, 4) is 22.4 Å². The summed E-state index contributed by atoms with van der Waals surface area (Å²) in [5.41, 5.74) is 10.4. The molecule has 0 N–H and O–H groups in total. The predicted octanol–water partition coefficient (Wildman–Crippen LogP) is 10.6. The Morgan fingerprint density at radius 1 is 0.543 bits per heavy atom. The highest BCUT2D eigenvalue weighted by atomic mass is 32.2. The molecule has 0 bridgehead atoms. The van der Waals surface area contributed by atoms with Gasteiger partial charge in [-0.25, -0.2) is 9.97 Å². The van der Waals surface area contributed by atoms with Gasteiger partial charge in [-0.05, 0) is 52.6 Å². The third kappa shape index (κ3) is 3.40. The van der Waals surface area contributed by atoms with Crippen LogP contribution in [0.15, 0.2) is 166 Å². The number of rotatable bonds is 2. The lowest BCUT2D eigenvalue weighted by atomic mass is 9.78. The molecule has 2 aliphatic rings. The van der Waals surface area contributed by atoms with Gasteiger partial charge in [0.05, 0.1) is 5.69 Å². The lowest BCUT2D eigenvalue weighted by Gasteiger charge is -2.43. The monoisotopic (exact) mass is 607 g/mol. The van der Waals surface area contributed by atoms with E-state index in [9.17, 15) is 0 Å². The fraction of sp³-hybridized carbons (Fsp3) is 0.0244. The first kappa shape index (κ1) is 25.7. The summed E-state index contributed by atoms with van der Waals surface area (Å²) in [6.45, 7) is 0. The van der Waals surface area contributed by atoms with Crippen LogP contribution in [0.3, 0.4) is 0 Å². The van der Waals surface area contributed by atoms with Gasteiger partial charge in [0.1, 0.15) is 22.3 Å². The van der Waals surface area contributed by atoms with Gasteiger partial charge in [-0.15, -0.1) is 0 Å². The number of para-hydroxylation sites is 2. The fourth-order valence-corrected chi connectivity index (χ4v) is 8.59. The molecule has 46 heavy (non-hydrogen) atoms. The van der Waals surface area contributed by atoms with Crippen molar-refractivity contribution in [3.05, 3.63) is 168 Å². The Labute approximate surface area is 270 Å². The van der Waals surface area contributed by atoms with Crippen molar-refractivity contribution in [1.82, 2.24) is 9.97 Å². The van der Waals surface area contributed by atoms with Gasteiger partial charge in [0.25, 0.3) is 0 Å². The van der Waals surface area contributed by atoms with Gasteiger partial charge >= 0.3 is 0 Å². The van der Waals surface area contributed by atoms with Gasteiger partial charge in [0.15, 0.2) is 5.58 Å². The summed E-state index contributed by atoms with van der Waals surface area (Å²) in [6.07, 6.45) is 0. The fourth-order valence-electron chi connectivity index (χ4n) is 7.47.